The molecule has 0 aromatic rings. The molecule has 0 amide bonds. The Labute approximate surface area is 119 Å². The van der Waals surface area contributed by atoms with Crippen LogP contribution in [0, 0.1) is 0 Å². The number of carbonyl (C=O) groups is 1. The zero-order valence-electron chi connectivity index (χ0n) is 13.6. The fraction of sp³-hybridized carbons (Fsp3) is 0.933. The fourth-order valence-electron chi connectivity index (χ4n) is 2.20. The average Bonchev–Trinajstić information content (AvgIpc) is 2.41. The van der Waals surface area contributed by atoms with Crippen molar-refractivity contribution < 1.29 is 4.79 Å². The van der Waals surface area contributed by atoms with Gasteiger partial charge in [-0.25, -0.2) is 0 Å². The zero-order valence-corrected chi connectivity index (χ0v) is 13.6. The Balaban J connectivity index is 4.00. The Bertz CT molecular complexity index is 229. The van der Waals surface area contributed by atoms with Crippen molar-refractivity contribution in [2.75, 3.05) is 58.9 Å². The summed E-state index contributed by atoms with van der Waals surface area (Å²) < 4.78 is 0. The van der Waals surface area contributed by atoms with Gasteiger partial charge in [-0.1, -0.05) is 27.7 Å². The van der Waals surface area contributed by atoms with E-state index in [4.69, 9.17) is 0 Å². The number of nitrogens with zero attached hydrogens (tertiary/aromatic N) is 3. The lowest BCUT2D eigenvalue weighted by Gasteiger charge is -2.27. The summed E-state index contributed by atoms with van der Waals surface area (Å²) in [6.45, 7) is 19.6. The molecule has 0 saturated heterocycles. The average molecular weight is 271 g/mol. The SMILES string of the molecule is CCN(CC)CCN(CC)CCN(CC)CC(C)=O. The lowest BCUT2D eigenvalue weighted by atomic mass is 10.3. The highest BCUT2D eigenvalue weighted by molar-refractivity contribution is 5.77. The zero-order chi connectivity index (χ0) is 14.7. The van der Waals surface area contributed by atoms with E-state index in [0.29, 0.717) is 6.54 Å². The molecular formula is C15H33N3O. The molecule has 0 aliphatic rings. The van der Waals surface area contributed by atoms with E-state index in [-0.39, 0.29) is 5.78 Å². The van der Waals surface area contributed by atoms with Crippen LogP contribution in [0.4, 0.5) is 0 Å². The molecule has 4 heteroatoms. The van der Waals surface area contributed by atoms with Crippen molar-refractivity contribution in [3.8, 4) is 0 Å². The molecular weight excluding hydrogens is 238 g/mol. The van der Waals surface area contributed by atoms with Crippen LogP contribution in [0.15, 0.2) is 0 Å². The second-order valence-corrected chi connectivity index (χ2v) is 5.03. The van der Waals surface area contributed by atoms with Crippen molar-refractivity contribution in [1.82, 2.24) is 14.7 Å². The van der Waals surface area contributed by atoms with Crippen molar-refractivity contribution in [2.24, 2.45) is 0 Å². The van der Waals surface area contributed by atoms with Crippen LogP contribution in [-0.4, -0.2) is 79.4 Å². The van der Waals surface area contributed by atoms with Gasteiger partial charge in [0.05, 0.1) is 6.54 Å². The van der Waals surface area contributed by atoms with E-state index >= 15 is 0 Å². The third-order valence-corrected chi connectivity index (χ3v) is 3.70. The van der Waals surface area contributed by atoms with E-state index in [9.17, 15) is 4.79 Å². The first-order chi connectivity index (χ1) is 9.07. The quantitative estimate of drug-likeness (QED) is 0.538. The molecule has 0 fully saturated rings. The minimum atomic E-state index is 0.257. The van der Waals surface area contributed by atoms with E-state index in [1.165, 1.54) is 0 Å². The van der Waals surface area contributed by atoms with Gasteiger partial charge >= 0.3 is 0 Å². The maximum Gasteiger partial charge on any atom is 0.143 e. The molecule has 0 radical (unpaired) electrons. The van der Waals surface area contributed by atoms with E-state index in [2.05, 4.69) is 42.4 Å². The molecule has 0 unspecified atom stereocenters. The minimum absolute atomic E-state index is 0.257. The van der Waals surface area contributed by atoms with Crippen LogP contribution in [0.25, 0.3) is 0 Å². The molecule has 4 nitrogen and oxygen atoms in total. The number of likely N-dealkylation sites (N-methyl/N-ethyl adjacent to an activating group) is 3. The van der Waals surface area contributed by atoms with Crippen LogP contribution >= 0.6 is 0 Å². The molecule has 0 aromatic carbocycles. The first-order valence-corrected chi connectivity index (χ1v) is 7.73. The number of carbonyl (C=O) groups excluding carboxylic acids is 1. The van der Waals surface area contributed by atoms with Gasteiger partial charge in [0.1, 0.15) is 5.78 Å². The summed E-state index contributed by atoms with van der Waals surface area (Å²) in [5, 5.41) is 0. The molecule has 0 heterocycles. The normalized spacial score (nSPS) is 11.8. The lowest BCUT2D eigenvalue weighted by molar-refractivity contribution is -0.118. The van der Waals surface area contributed by atoms with Crippen molar-refractivity contribution in [1.29, 1.82) is 0 Å². The number of rotatable bonds is 12. The summed E-state index contributed by atoms with van der Waals surface area (Å²) in [6.07, 6.45) is 0. The molecule has 114 valence electrons. The van der Waals surface area contributed by atoms with E-state index < -0.39 is 0 Å². The predicted molar refractivity (Wildman–Crippen MR) is 82.7 cm³/mol. The van der Waals surface area contributed by atoms with Crippen molar-refractivity contribution >= 4 is 5.78 Å². The van der Waals surface area contributed by atoms with Gasteiger partial charge < -0.3 is 9.80 Å². The van der Waals surface area contributed by atoms with Crippen molar-refractivity contribution in [2.45, 2.75) is 34.6 Å². The first-order valence-electron chi connectivity index (χ1n) is 7.73. The Hall–Kier alpha value is -0.450. The molecule has 0 bridgehead atoms. The van der Waals surface area contributed by atoms with Gasteiger partial charge in [-0.2, -0.15) is 0 Å². The highest BCUT2D eigenvalue weighted by Crippen LogP contribution is 1.95. The van der Waals surface area contributed by atoms with Crippen LogP contribution in [0.5, 0.6) is 0 Å². The van der Waals surface area contributed by atoms with Crippen LogP contribution in [0.1, 0.15) is 34.6 Å². The van der Waals surface area contributed by atoms with Crippen LogP contribution in [0.2, 0.25) is 0 Å². The fourth-order valence-corrected chi connectivity index (χ4v) is 2.20. The number of hydrogen-bond donors (Lipinski definition) is 0. The summed E-state index contributed by atoms with van der Waals surface area (Å²) in [7, 11) is 0. The summed E-state index contributed by atoms with van der Waals surface area (Å²) in [5.41, 5.74) is 0. The number of ketones is 1. The second kappa shape index (κ2) is 11.4. The van der Waals surface area contributed by atoms with Crippen LogP contribution in [-0.2, 0) is 4.79 Å². The predicted octanol–water partition coefficient (Wildman–Crippen LogP) is 1.56. The highest BCUT2D eigenvalue weighted by Gasteiger charge is 2.09. The van der Waals surface area contributed by atoms with Crippen LogP contribution < -0.4 is 0 Å². The minimum Gasteiger partial charge on any atom is -0.303 e. The largest absolute Gasteiger partial charge is 0.303 e. The molecule has 0 atom stereocenters. The third-order valence-electron chi connectivity index (χ3n) is 3.70. The van der Waals surface area contributed by atoms with E-state index in [1.807, 2.05) is 0 Å². The maximum absolute atomic E-state index is 11.2. The summed E-state index contributed by atoms with van der Waals surface area (Å²) in [6, 6.07) is 0. The van der Waals surface area contributed by atoms with Crippen molar-refractivity contribution in [3.05, 3.63) is 0 Å². The van der Waals surface area contributed by atoms with Gasteiger partial charge in [-0.15, -0.1) is 0 Å². The molecule has 0 spiro atoms. The Morgan fingerprint density at radius 1 is 0.684 bits per heavy atom. The monoisotopic (exact) mass is 271 g/mol. The van der Waals surface area contributed by atoms with E-state index in [1.54, 1.807) is 6.92 Å². The number of Topliss-reactive ketones (excluding diaryl/α,β-unsaturated/α-hetero) is 1. The Morgan fingerprint density at radius 2 is 1.05 bits per heavy atom. The molecule has 0 saturated carbocycles. The molecule has 0 aliphatic carbocycles. The molecule has 0 N–H and O–H groups in total. The van der Waals surface area contributed by atoms with Gasteiger partial charge in [0.25, 0.3) is 0 Å². The maximum atomic E-state index is 11.2. The molecule has 0 rings (SSSR count). The standard InChI is InChI=1S/C15H33N3O/c1-6-16(7-2)10-11-17(8-3)12-13-18(9-4)14-15(5)19/h6-14H2,1-5H3. The summed E-state index contributed by atoms with van der Waals surface area (Å²) >= 11 is 0. The van der Waals surface area contributed by atoms with Gasteiger partial charge in [0.2, 0.25) is 0 Å². The van der Waals surface area contributed by atoms with E-state index in [0.717, 1.165) is 52.4 Å². The third kappa shape index (κ3) is 9.14. The summed E-state index contributed by atoms with van der Waals surface area (Å²) in [4.78, 5) is 18.3. The van der Waals surface area contributed by atoms with Crippen LogP contribution in [0.3, 0.4) is 0 Å². The first kappa shape index (κ1) is 18.6. The van der Waals surface area contributed by atoms with Gasteiger partial charge in [0, 0.05) is 26.2 Å². The van der Waals surface area contributed by atoms with Gasteiger partial charge in [-0.3, -0.25) is 9.69 Å². The molecule has 19 heavy (non-hydrogen) atoms. The van der Waals surface area contributed by atoms with Gasteiger partial charge in [0.15, 0.2) is 0 Å². The summed E-state index contributed by atoms with van der Waals surface area (Å²) in [5.74, 6) is 0.257. The molecule has 0 aromatic heterocycles. The van der Waals surface area contributed by atoms with Crippen molar-refractivity contribution in [3.63, 3.8) is 0 Å². The Kier molecular flexibility index (Phi) is 11.1. The lowest BCUT2D eigenvalue weighted by Crippen LogP contribution is -2.40. The number of hydrogen-bond acceptors (Lipinski definition) is 4. The topological polar surface area (TPSA) is 26.8 Å². The second-order valence-electron chi connectivity index (χ2n) is 5.03. The van der Waals surface area contributed by atoms with Gasteiger partial charge in [-0.05, 0) is 33.1 Å². The highest BCUT2D eigenvalue weighted by atomic mass is 16.1. The smallest absolute Gasteiger partial charge is 0.143 e. The Morgan fingerprint density at radius 3 is 1.42 bits per heavy atom. The molecule has 0 aliphatic heterocycles.